The van der Waals surface area contributed by atoms with Crippen LogP contribution >= 0.6 is 0 Å². The van der Waals surface area contributed by atoms with E-state index < -0.39 is 0 Å². The summed E-state index contributed by atoms with van der Waals surface area (Å²) in [5.74, 6) is 2.52. The van der Waals surface area contributed by atoms with Crippen molar-refractivity contribution in [2.45, 2.75) is 178 Å². The van der Waals surface area contributed by atoms with Crippen LogP contribution in [0.5, 0.6) is 0 Å². The number of Topliss-reactive ketones (excluding diaryl/α,β-unsaturated/α-hetero) is 3. The summed E-state index contributed by atoms with van der Waals surface area (Å²) in [6, 6.07) is 11.9. The van der Waals surface area contributed by atoms with Gasteiger partial charge in [-0.05, 0) is 162 Å². The van der Waals surface area contributed by atoms with Gasteiger partial charge in [0.15, 0.2) is 0 Å². The molecule has 4 aliphatic heterocycles. The number of benzene rings is 1. The molecular weight excluding hydrogens is 695 g/mol. The lowest BCUT2D eigenvalue weighted by molar-refractivity contribution is -0.133. The summed E-state index contributed by atoms with van der Waals surface area (Å²) in [5.41, 5.74) is 0.942. The molecule has 0 amide bonds. The van der Waals surface area contributed by atoms with Crippen molar-refractivity contribution in [3.8, 4) is 0 Å². The lowest BCUT2D eigenvalue weighted by atomic mass is 9.71. The predicted octanol–water partition coefficient (Wildman–Crippen LogP) is 10.1. The second kappa shape index (κ2) is 23.0. The van der Waals surface area contributed by atoms with Gasteiger partial charge in [-0.25, -0.2) is 0 Å². The molecule has 1 unspecified atom stereocenters. The van der Waals surface area contributed by atoms with Crippen LogP contribution < -0.4 is 0 Å². The topological polar surface area (TPSA) is 70.2 Å². The van der Waals surface area contributed by atoms with Crippen LogP contribution in [0.25, 0.3) is 0 Å². The Morgan fingerprint density at radius 1 is 0.679 bits per heavy atom. The van der Waals surface area contributed by atoms with Crippen LogP contribution in [0, 0.1) is 28.1 Å². The molecule has 1 aromatic rings. The Kier molecular flexibility index (Phi) is 19.9. The highest BCUT2D eigenvalue weighted by Gasteiger charge is 2.40. The molecule has 7 heteroatoms. The average Bonchev–Trinajstić information content (AvgIpc) is 3.18. The van der Waals surface area contributed by atoms with E-state index in [0.717, 1.165) is 122 Å². The summed E-state index contributed by atoms with van der Waals surface area (Å²) < 4.78 is 5.51. The number of likely N-dealkylation sites (tertiary alicyclic amines) is 3. The molecule has 4 saturated heterocycles. The molecule has 0 saturated carbocycles. The summed E-state index contributed by atoms with van der Waals surface area (Å²) in [7, 11) is 0. The Morgan fingerprint density at radius 3 is 1.55 bits per heavy atom. The number of ether oxygens (including phenoxy) is 1. The van der Waals surface area contributed by atoms with E-state index in [1.165, 1.54) is 12.8 Å². The number of rotatable bonds is 14. The second-order valence-electron chi connectivity index (χ2n) is 19.8. The zero-order chi connectivity index (χ0) is 41.5. The van der Waals surface area contributed by atoms with E-state index in [0.29, 0.717) is 53.7 Å². The van der Waals surface area contributed by atoms with E-state index in [1.807, 2.05) is 30.3 Å². The number of ketones is 3. The highest BCUT2D eigenvalue weighted by atomic mass is 16.5. The predicted molar refractivity (Wildman–Crippen MR) is 234 cm³/mol. The van der Waals surface area contributed by atoms with Crippen LogP contribution in [-0.4, -0.2) is 103 Å². The first-order valence-corrected chi connectivity index (χ1v) is 22.9. The summed E-state index contributed by atoms with van der Waals surface area (Å²) in [5, 5.41) is 0. The lowest BCUT2D eigenvalue weighted by Gasteiger charge is -2.42. The maximum absolute atomic E-state index is 12.6. The average molecular weight is 780 g/mol. The Bertz CT molecular complexity index is 1290. The van der Waals surface area contributed by atoms with Gasteiger partial charge in [0.2, 0.25) is 0 Å². The summed E-state index contributed by atoms with van der Waals surface area (Å²) in [6.45, 7) is 32.5. The van der Waals surface area contributed by atoms with E-state index in [9.17, 15) is 14.4 Å². The third-order valence-electron chi connectivity index (χ3n) is 14.2. The molecule has 0 radical (unpaired) electrons. The molecule has 4 heterocycles. The highest BCUT2D eigenvalue weighted by Crippen LogP contribution is 2.39. The van der Waals surface area contributed by atoms with E-state index in [2.05, 4.69) is 90.9 Å². The van der Waals surface area contributed by atoms with Crippen molar-refractivity contribution in [1.82, 2.24) is 14.7 Å². The summed E-state index contributed by atoms with van der Waals surface area (Å²) >= 11 is 0. The molecule has 56 heavy (non-hydrogen) atoms. The molecule has 4 fully saturated rings. The zero-order valence-electron chi connectivity index (χ0n) is 38.1. The van der Waals surface area contributed by atoms with Crippen molar-refractivity contribution in [3.63, 3.8) is 0 Å². The maximum Gasteiger partial charge on any atom is 0.143 e. The number of carbonyl (C=O) groups excluding carboxylic acids is 3. The molecule has 7 nitrogen and oxygen atoms in total. The fourth-order valence-corrected chi connectivity index (χ4v) is 9.18. The van der Waals surface area contributed by atoms with Gasteiger partial charge < -0.3 is 19.4 Å². The molecule has 0 aliphatic carbocycles. The van der Waals surface area contributed by atoms with Gasteiger partial charge in [0.05, 0.1) is 0 Å². The van der Waals surface area contributed by atoms with Gasteiger partial charge in [0.25, 0.3) is 0 Å². The van der Waals surface area contributed by atoms with Crippen molar-refractivity contribution < 1.29 is 19.1 Å². The van der Waals surface area contributed by atoms with Gasteiger partial charge in [-0.15, -0.1) is 0 Å². The summed E-state index contributed by atoms with van der Waals surface area (Å²) in [6.07, 6.45) is 12.7. The molecule has 4 aliphatic rings. The first-order chi connectivity index (χ1) is 26.4. The standard InChI is InChI=1S/C17H31NO2.C17H25NO.C15H29NO/c1-14(2)18-10-8-17(3,9-11-18)16(19)7-6-15-5-4-12-20-13-15;1-14(2)18-11-9-17(3,10-12-18)16(19)13-15-7-5-4-6-8-15;1-6-15(14(17)11-12(2)3)7-9-16(10-8-15)13(4)5/h14-15H,4-13H2,1-3H3;4-8,14H,9-13H2,1-3H3;12-13H,6-11H2,1-5H3. The quantitative estimate of drug-likeness (QED) is 0.186. The second-order valence-corrected chi connectivity index (χ2v) is 19.8. The van der Waals surface area contributed by atoms with Crippen molar-refractivity contribution >= 4 is 17.3 Å². The fraction of sp³-hybridized carbons (Fsp3) is 0.816. The Morgan fingerprint density at radius 2 is 1.14 bits per heavy atom. The molecular formula is C49H85N3O4. The monoisotopic (exact) mass is 780 g/mol. The minimum atomic E-state index is -0.124. The fourth-order valence-electron chi connectivity index (χ4n) is 9.18. The van der Waals surface area contributed by atoms with Crippen molar-refractivity contribution in [2.75, 3.05) is 52.5 Å². The van der Waals surface area contributed by atoms with Crippen LogP contribution in [0.15, 0.2) is 30.3 Å². The minimum Gasteiger partial charge on any atom is -0.381 e. The largest absolute Gasteiger partial charge is 0.381 e. The maximum atomic E-state index is 12.6. The van der Waals surface area contributed by atoms with Crippen LogP contribution in [0.4, 0.5) is 0 Å². The smallest absolute Gasteiger partial charge is 0.143 e. The molecule has 0 aromatic heterocycles. The Hall–Kier alpha value is -1.93. The minimum absolute atomic E-state index is 0.00431. The highest BCUT2D eigenvalue weighted by molar-refractivity contribution is 5.87. The third kappa shape index (κ3) is 14.7. The van der Waals surface area contributed by atoms with Crippen molar-refractivity contribution in [3.05, 3.63) is 35.9 Å². The molecule has 5 rings (SSSR count). The normalized spacial score (nSPS) is 22.9. The molecule has 1 aromatic carbocycles. The first kappa shape index (κ1) is 48.4. The number of hydrogen-bond acceptors (Lipinski definition) is 7. The van der Waals surface area contributed by atoms with Gasteiger partial charge >= 0.3 is 0 Å². The number of nitrogens with zero attached hydrogens (tertiary/aromatic N) is 3. The SMILES string of the molecule is CC(C)N1CCC(C)(C(=O)CCC2CCCOC2)CC1.CC(C)N1CCC(C)(C(=O)Cc2ccccc2)CC1.CCC1(C(=O)CC(C)C)CCN(C(C)C)CC1. The van der Waals surface area contributed by atoms with Crippen LogP contribution in [0.1, 0.15) is 159 Å². The Balaban J connectivity index is 0.000000226. The molecule has 0 spiro atoms. The molecule has 0 N–H and O–H groups in total. The van der Waals surface area contributed by atoms with E-state index >= 15 is 0 Å². The van der Waals surface area contributed by atoms with Gasteiger partial charge in [0, 0.05) is 66.8 Å². The van der Waals surface area contributed by atoms with E-state index in [4.69, 9.17) is 4.74 Å². The van der Waals surface area contributed by atoms with Gasteiger partial charge in [-0.1, -0.05) is 65.0 Å². The molecule has 1 atom stereocenters. The molecule has 0 bridgehead atoms. The number of piperidine rings is 3. The molecule has 320 valence electrons. The van der Waals surface area contributed by atoms with Crippen LogP contribution in [-0.2, 0) is 25.5 Å². The Labute approximate surface area is 344 Å². The zero-order valence-corrected chi connectivity index (χ0v) is 38.1. The van der Waals surface area contributed by atoms with Crippen molar-refractivity contribution in [1.29, 1.82) is 0 Å². The van der Waals surface area contributed by atoms with Crippen LogP contribution in [0.3, 0.4) is 0 Å². The van der Waals surface area contributed by atoms with Crippen molar-refractivity contribution in [2.24, 2.45) is 28.1 Å². The summed E-state index contributed by atoms with van der Waals surface area (Å²) in [4.78, 5) is 45.0. The van der Waals surface area contributed by atoms with Crippen LogP contribution in [0.2, 0.25) is 0 Å². The lowest BCUT2D eigenvalue weighted by Crippen LogP contribution is -2.46. The van der Waals surface area contributed by atoms with E-state index in [-0.39, 0.29) is 16.2 Å². The first-order valence-electron chi connectivity index (χ1n) is 22.9. The van der Waals surface area contributed by atoms with Gasteiger partial charge in [0.1, 0.15) is 17.3 Å². The number of carbonyl (C=O) groups is 3. The third-order valence-corrected chi connectivity index (χ3v) is 14.2. The van der Waals surface area contributed by atoms with Gasteiger partial charge in [-0.2, -0.15) is 0 Å². The van der Waals surface area contributed by atoms with E-state index in [1.54, 1.807) is 0 Å². The van der Waals surface area contributed by atoms with Gasteiger partial charge in [-0.3, -0.25) is 14.4 Å². The number of hydrogen-bond donors (Lipinski definition) is 0.